The van der Waals surface area contributed by atoms with Gasteiger partial charge in [-0.25, -0.2) is 13.4 Å². The van der Waals surface area contributed by atoms with Crippen LogP contribution in [0.25, 0.3) is 0 Å². The summed E-state index contributed by atoms with van der Waals surface area (Å²) >= 11 is 0. The molecule has 1 unspecified atom stereocenters. The molecule has 1 heterocycles. The third-order valence-electron chi connectivity index (χ3n) is 3.18. The van der Waals surface area contributed by atoms with Gasteiger partial charge in [0.15, 0.2) is 0 Å². The first-order valence-electron chi connectivity index (χ1n) is 6.96. The van der Waals surface area contributed by atoms with Crippen molar-refractivity contribution in [3.63, 3.8) is 0 Å². The zero-order chi connectivity index (χ0) is 16.2. The van der Waals surface area contributed by atoms with Crippen molar-refractivity contribution in [1.82, 2.24) is 15.3 Å². The van der Waals surface area contributed by atoms with Gasteiger partial charge >= 0.3 is 0 Å². The van der Waals surface area contributed by atoms with Gasteiger partial charge in [0.05, 0.1) is 18.0 Å². The minimum Gasteiger partial charge on any atom is -0.343 e. The van der Waals surface area contributed by atoms with Crippen LogP contribution in [-0.2, 0) is 16.3 Å². The van der Waals surface area contributed by atoms with Gasteiger partial charge in [-0.05, 0) is 5.56 Å². The summed E-state index contributed by atoms with van der Waals surface area (Å²) < 4.78 is 23.2. The standard InChI is InChI=1S/C15H19N3O3S/c1-3-14-16-9-12(17-14)15(19)18-13(10-22(2,20)21)11-7-5-4-6-8-11/h4-9,13H,3,10H2,1-2H3,(H,16,17)(H,18,19). The van der Waals surface area contributed by atoms with E-state index in [4.69, 9.17) is 0 Å². The lowest BCUT2D eigenvalue weighted by Crippen LogP contribution is -2.33. The van der Waals surface area contributed by atoms with E-state index in [0.717, 1.165) is 11.8 Å². The summed E-state index contributed by atoms with van der Waals surface area (Å²) in [5.41, 5.74) is 1.07. The Morgan fingerprint density at radius 1 is 1.32 bits per heavy atom. The molecule has 118 valence electrons. The Morgan fingerprint density at radius 3 is 2.55 bits per heavy atom. The number of benzene rings is 1. The fraction of sp³-hybridized carbons (Fsp3) is 0.333. The Bertz CT molecular complexity index is 738. The molecule has 0 aliphatic carbocycles. The number of rotatable bonds is 6. The maximum absolute atomic E-state index is 12.3. The van der Waals surface area contributed by atoms with E-state index in [0.29, 0.717) is 17.9 Å². The van der Waals surface area contributed by atoms with Gasteiger partial charge in [-0.15, -0.1) is 0 Å². The van der Waals surface area contributed by atoms with E-state index in [1.807, 2.05) is 25.1 Å². The molecule has 6 nitrogen and oxygen atoms in total. The maximum Gasteiger partial charge on any atom is 0.269 e. The van der Waals surface area contributed by atoms with Crippen LogP contribution in [0.1, 0.15) is 34.8 Å². The minimum atomic E-state index is -3.24. The summed E-state index contributed by atoms with van der Waals surface area (Å²) in [4.78, 5) is 19.3. The average molecular weight is 321 g/mol. The smallest absolute Gasteiger partial charge is 0.269 e. The Balaban J connectivity index is 2.20. The first kappa shape index (κ1) is 16.2. The largest absolute Gasteiger partial charge is 0.343 e. The number of sulfone groups is 1. The van der Waals surface area contributed by atoms with Crippen LogP contribution >= 0.6 is 0 Å². The van der Waals surface area contributed by atoms with Crippen LogP contribution in [0.2, 0.25) is 0 Å². The molecule has 1 amide bonds. The first-order valence-corrected chi connectivity index (χ1v) is 9.02. The molecule has 1 aromatic heterocycles. The van der Waals surface area contributed by atoms with Crippen LogP contribution in [0.3, 0.4) is 0 Å². The quantitative estimate of drug-likeness (QED) is 0.843. The third-order valence-corrected chi connectivity index (χ3v) is 4.12. The van der Waals surface area contributed by atoms with E-state index in [2.05, 4.69) is 15.3 Å². The van der Waals surface area contributed by atoms with Crippen LogP contribution < -0.4 is 5.32 Å². The van der Waals surface area contributed by atoms with Crippen molar-refractivity contribution in [2.24, 2.45) is 0 Å². The zero-order valence-corrected chi connectivity index (χ0v) is 13.4. The minimum absolute atomic E-state index is 0.155. The number of nitrogens with zero attached hydrogens (tertiary/aromatic N) is 1. The number of hydrogen-bond donors (Lipinski definition) is 2. The molecule has 0 spiro atoms. The number of aryl methyl sites for hydroxylation is 1. The van der Waals surface area contributed by atoms with Gasteiger partial charge in [0.25, 0.3) is 5.91 Å². The summed E-state index contributed by atoms with van der Waals surface area (Å²) in [7, 11) is -3.24. The van der Waals surface area contributed by atoms with E-state index in [-0.39, 0.29) is 11.7 Å². The highest BCUT2D eigenvalue weighted by atomic mass is 32.2. The average Bonchev–Trinajstić information content (AvgIpc) is 2.95. The Morgan fingerprint density at radius 2 is 2.00 bits per heavy atom. The lowest BCUT2D eigenvalue weighted by atomic mass is 10.1. The number of aromatic amines is 1. The number of aromatic nitrogens is 2. The molecule has 1 atom stereocenters. The monoisotopic (exact) mass is 321 g/mol. The molecule has 0 saturated carbocycles. The third kappa shape index (κ3) is 4.42. The summed E-state index contributed by atoms with van der Waals surface area (Å²) in [6.07, 6.45) is 3.30. The van der Waals surface area contributed by atoms with Crippen LogP contribution in [0.15, 0.2) is 36.5 Å². The lowest BCUT2D eigenvalue weighted by Gasteiger charge is -2.18. The van der Waals surface area contributed by atoms with Gasteiger partial charge in [0.1, 0.15) is 21.4 Å². The summed E-state index contributed by atoms with van der Waals surface area (Å²) in [6, 6.07) is 8.44. The Hall–Kier alpha value is -2.15. The number of nitrogens with one attached hydrogen (secondary N) is 2. The topological polar surface area (TPSA) is 91.9 Å². The fourth-order valence-electron chi connectivity index (χ4n) is 2.10. The highest BCUT2D eigenvalue weighted by molar-refractivity contribution is 7.90. The van der Waals surface area contributed by atoms with E-state index in [1.54, 1.807) is 12.1 Å². The van der Waals surface area contributed by atoms with Crippen molar-refractivity contribution >= 4 is 15.7 Å². The van der Waals surface area contributed by atoms with Crippen molar-refractivity contribution < 1.29 is 13.2 Å². The molecular formula is C15H19N3O3S. The molecule has 7 heteroatoms. The van der Waals surface area contributed by atoms with E-state index >= 15 is 0 Å². The molecule has 0 bridgehead atoms. The molecule has 2 N–H and O–H groups in total. The van der Waals surface area contributed by atoms with Crippen molar-refractivity contribution in [3.05, 3.63) is 53.6 Å². The Labute approximate surface area is 129 Å². The van der Waals surface area contributed by atoms with E-state index in [1.165, 1.54) is 6.20 Å². The van der Waals surface area contributed by atoms with Crippen LogP contribution in [0, 0.1) is 0 Å². The summed E-state index contributed by atoms with van der Waals surface area (Å²) in [5, 5.41) is 2.75. The van der Waals surface area contributed by atoms with Gasteiger partial charge in [0, 0.05) is 12.7 Å². The number of carbonyl (C=O) groups excluding carboxylic acids is 1. The van der Waals surface area contributed by atoms with Crippen LogP contribution in [0.5, 0.6) is 0 Å². The number of amides is 1. The molecule has 2 aromatic rings. The van der Waals surface area contributed by atoms with Gasteiger partial charge in [-0.3, -0.25) is 4.79 Å². The van der Waals surface area contributed by atoms with Gasteiger partial charge in [-0.1, -0.05) is 37.3 Å². The second-order valence-corrected chi connectivity index (χ2v) is 7.31. The van der Waals surface area contributed by atoms with Crippen molar-refractivity contribution in [1.29, 1.82) is 0 Å². The Kier molecular flexibility index (Phi) is 4.97. The molecule has 0 radical (unpaired) electrons. The predicted molar refractivity (Wildman–Crippen MR) is 84.3 cm³/mol. The molecule has 2 rings (SSSR count). The molecule has 1 aromatic carbocycles. The van der Waals surface area contributed by atoms with Crippen molar-refractivity contribution in [2.45, 2.75) is 19.4 Å². The van der Waals surface area contributed by atoms with Gasteiger partial charge in [0.2, 0.25) is 0 Å². The summed E-state index contributed by atoms with van der Waals surface area (Å²) in [6.45, 7) is 1.93. The van der Waals surface area contributed by atoms with Gasteiger partial charge < -0.3 is 10.3 Å². The fourth-order valence-corrected chi connectivity index (χ4v) is 2.98. The van der Waals surface area contributed by atoms with Crippen molar-refractivity contribution in [3.8, 4) is 0 Å². The number of carbonyl (C=O) groups is 1. The van der Waals surface area contributed by atoms with E-state index < -0.39 is 15.9 Å². The van der Waals surface area contributed by atoms with E-state index in [9.17, 15) is 13.2 Å². The van der Waals surface area contributed by atoms with Crippen molar-refractivity contribution in [2.75, 3.05) is 12.0 Å². The molecular weight excluding hydrogens is 302 g/mol. The van der Waals surface area contributed by atoms with Crippen LogP contribution in [0.4, 0.5) is 0 Å². The highest BCUT2D eigenvalue weighted by Crippen LogP contribution is 2.15. The predicted octanol–water partition coefficient (Wildman–Crippen LogP) is 1.49. The highest BCUT2D eigenvalue weighted by Gasteiger charge is 2.21. The zero-order valence-electron chi connectivity index (χ0n) is 12.5. The molecule has 0 aliphatic rings. The SMILES string of the molecule is CCc1ncc(C(=O)NC(CS(C)(=O)=O)c2ccccc2)[nH]1. The molecule has 0 aliphatic heterocycles. The summed E-state index contributed by atoms with van der Waals surface area (Å²) in [5.74, 6) is 0.187. The molecule has 22 heavy (non-hydrogen) atoms. The van der Waals surface area contributed by atoms with Crippen LogP contribution in [-0.4, -0.2) is 36.3 Å². The molecule has 0 fully saturated rings. The number of H-pyrrole nitrogens is 1. The maximum atomic E-state index is 12.3. The second kappa shape index (κ2) is 6.74. The second-order valence-electron chi connectivity index (χ2n) is 5.13. The lowest BCUT2D eigenvalue weighted by molar-refractivity contribution is 0.0936. The van der Waals surface area contributed by atoms with Gasteiger partial charge in [-0.2, -0.15) is 0 Å². The number of hydrogen-bond acceptors (Lipinski definition) is 4. The molecule has 0 saturated heterocycles. The normalized spacial score (nSPS) is 12.8. The number of imidazole rings is 1. The first-order chi connectivity index (χ1) is 10.4.